The van der Waals surface area contributed by atoms with Gasteiger partial charge in [-0.25, -0.2) is 0 Å². The van der Waals surface area contributed by atoms with Gasteiger partial charge in [-0.1, -0.05) is 30.0 Å². The number of benzene rings is 1. The normalized spacial score (nSPS) is 24.6. The van der Waals surface area contributed by atoms with E-state index in [0.717, 1.165) is 42.4 Å². The molecule has 1 unspecified atom stereocenters. The van der Waals surface area contributed by atoms with E-state index in [0.29, 0.717) is 32.3 Å². The molecule has 1 aromatic carbocycles. The van der Waals surface area contributed by atoms with Gasteiger partial charge in [-0.2, -0.15) is 0 Å². The third kappa shape index (κ3) is 3.82. The fourth-order valence-electron chi connectivity index (χ4n) is 5.42. The Balaban J connectivity index is 1.55. The van der Waals surface area contributed by atoms with Crippen LogP contribution in [0, 0.1) is 25.2 Å². The topological polar surface area (TPSA) is 58.6 Å². The highest BCUT2D eigenvalue weighted by atomic mass is 16.5. The maximum absolute atomic E-state index is 13.3. The van der Waals surface area contributed by atoms with Crippen LogP contribution in [0.5, 0.6) is 0 Å². The maximum Gasteiger partial charge on any atom is 0.253 e. The molecule has 2 heterocycles. The molecule has 4 rings (SSSR count). The van der Waals surface area contributed by atoms with E-state index < -0.39 is 0 Å². The number of rotatable bonds is 3. The zero-order valence-electron chi connectivity index (χ0n) is 17.1. The number of hydrogen-bond acceptors (Lipinski definition) is 3. The third-order valence-corrected chi connectivity index (χ3v) is 6.91. The number of amides is 2. The van der Waals surface area contributed by atoms with Gasteiger partial charge in [0.1, 0.15) is 0 Å². The van der Waals surface area contributed by atoms with Crippen molar-refractivity contribution in [3.8, 4) is 0 Å². The van der Waals surface area contributed by atoms with Gasteiger partial charge in [0.15, 0.2) is 0 Å². The van der Waals surface area contributed by atoms with E-state index >= 15 is 0 Å². The van der Waals surface area contributed by atoms with Gasteiger partial charge >= 0.3 is 0 Å². The summed E-state index contributed by atoms with van der Waals surface area (Å²) in [4.78, 5) is 28.4. The molecule has 0 bridgehead atoms. The van der Waals surface area contributed by atoms with Crippen molar-refractivity contribution in [2.24, 2.45) is 11.3 Å². The summed E-state index contributed by atoms with van der Waals surface area (Å²) in [5.41, 5.74) is 2.78. The smallest absolute Gasteiger partial charge is 0.253 e. The van der Waals surface area contributed by atoms with Crippen molar-refractivity contribution < 1.29 is 14.3 Å². The largest absolute Gasteiger partial charge is 0.381 e. The summed E-state index contributed by atoms with van der Waals surface area (Å²) in [6.45, 7) is 6.57. The molecule has 2 saturated heterocycles. The van der Waals surface area contributed by atoms with Gasteiger partial charge in [0, 0.05) is 43.3 Å². The standard InChI is InChI=1S/C23H32N2O3/c1-16-11-17(2)13-18(12-16)22(27)25-14-20(21(26)24-19-5-3-4-6-19)23(15-25)7-9-28-10-8-23/h11-13,19-20H,3-10,14-15H2,1-2H3,(H,24,26). The average molecular weight is 385 g/mol. The Morgan fingerprint density at radius 2 is 1.71 bits per heavy atom. The lowest BCUT2D eigenvalue weighted by Crippen LogP contribution is -2.46. The third-order valence-electron chi connectivity index (χ3n) is 6.91. The molecule has 0 radical (unpaired) electrons. The van der Waals surface area contributed by atoms with E-state index in [-0.39, 0.29) is 23.1 Å². The Morgan fingerprint density at radius 3 is 2.36 bits per heavy atom. The van der Waals surface area contributed by atoms with Crippen LogP contribution >= 0.6 is 0 Å². The lowest BCUT2D eigenvalue weighted by atomic mass is 9.71. The number of carbonyl (C=O) groups is 2. The molecule has 3 aliphatic rings. The molecule has 5 nitrogen and oxygen atoms in total. The number of ether oxygens (including phenoxy) is 1. The number of nitrogens with one attached hydrogen (secondary N) is 1. The monoisotopic (exact) mass is 384 g/mol. The van der Waals surface area contributed by atoms with Crippen molar-refractivity contribution in [1.29, 1.82) is 0 Å². The minimum atomic E-state index is -0.143. The lowest BCUT2D eigenvalue weighted by molar-refractivity contribution is -0.130. The van der Waals surface area contributed by atoms with Crippen molar-refractivity contribution >= 4 is 11.8 Å². The number of hydrogen-bond donors (Lipinski definition) is 1. The molecule has 28 heavy (non-hydrogen) atoms. The van der Waals surface area contributed by atoms with Gasteiger partial charge in [-0.15, -0.1) is 0 Å². The molecule has 1 aromatic rings. The zero-order chi connectivity index (χ0) is 19.7. The van der Waals surface area contributed by atoms with Crippen LogP contribution in [-0.4, -0.2) is 49.1 Å². The van der Waals surface area contributed by atoms with Crippen LogP contribution in [0.3, 0.4) is 0 Å². The summed E-state index contributed by atoms with van der Waals surface area (Å²) in [5, 5.41) is 3.29. The van der Waals surface area contributed by atoms with Crippen molar-refractivity contribution in [2.75, 3.05) is 26.3 Å². The fraction of sp³-hybridized carbons (Fsp3) is 0.652. The van der Waals surface area contributed by atoms with Gasteiger partial charge < -0.3 is 15.0 Å². The first-order valence-corrected chi connectivity index (χ1v) is 10.7. The van der Waals surface area contributed by atoms with Gasteiger partial charge in [-0.3, -0.25) is 9.59 Å². The SMILES string of the molecule is Cc1cc(C)cc(C(=O)N2CC(C(=O)NC3CCCC3)C3(CCOCC3)C2)c1. The summed E-state index contributed by atoms with van der Waals surface area (Å²) < 4.78 is 5.59. The molecule has 1 N–H and O–H groups in total. The van der Waals surface area contributed by atoms with E-state index in [1.807, 2.05) is 30.9 Å². The van der Waals surface area contributed by atoms with Crippen LogP contribution in [0.4, 0.5) is 0 Å². The molecule has 152 valence electrons. The highest BCUT2D eigenvalue weighted by molar-refractivity contribution is 5.95. The summed E-state index contributed by atoms with van der Waals surface area (Å²) in [5.74, 6) is 0.0604. The number of aryl methyl sites for hydroxylation is 2. The molecule has 1 aliphatic carbocycles. The predicted octanol–water partition coefficient (Wildman–Crippen LogP) is 3.23. The molecular weight excluding hydrogens is 352 g/mol. The zero-order valence-corrected chi connectivity index (χ0v) is 17.1. The second kappa shape index (κ2) is 7.86. The van der Waals surface area contributed by atoms with Crippen LogP contribution in [0.25, 0.3) is 0 Å². The number of likely N-dealkylation sites (tertiary alicyclic amines) is 1. The maximum atomic E-state index is 13.3. The summed E-state index contributed by atoms with van der Waals surface area (Å²) in [7, 11) is 0. The Kier molecular flexibility index (Phi) is 5.46. The molecule has 1 saturated carbocycles. The fourth-order valence-corrected chi connectivity index (χ4v) is 5.42. The minimum absolute atomic E-state index is 0.0498. The van der Waals surface area contributed by atoms with E-state index in [9.17, 15) is 9.59 Å². The van der Waals surface area contributed by atoms with Crippen LogP contribution in [0.15, 0.2) is 18.2 Å². The molecule has 3 fully saturated rings. The summed E-state index contributed by atoms with van der Waals surface area (Å²) >= 11 is 0. The summed E-state index contributed by atoms with van der Waals surface area (Å²) in [6, 6.07) is 6.31. The van der Waals surface area contributed by atoms with E-state index in [4.69, 9.17) is 4.74 Å². The van der Waals surface area contributed by atoms with Crippen molar-refractivity contribution in [3.63, 3.8) is 0 Å². The van der Waals surface area contributed by atoms with Gasteiger partial charge in [0.2, 0.25) is 5.91 Å². The molecule has 5 heteroatoms. The summed E-state index contributed by atoms with van der Waals surface area (Å²) in [6.07, 6.45) is 6.27. The van der Waals surface area contributed by atoms with Crippen LogP contribution in [0.2, 0.25) is 0 Å². The first-order valence-electron chi connectivity index (χ1n) is 10.7. The Morgan fingerprint density at radius 1 is 1.07 bits per heavy atom. The highest BCUT2D eigenvalue weighted by Gasteiger charge is 2.52. The number of carbonyl (C=O) groups excluding carboxylic acids is 2. The van der Waals surface area contributed by atoms with Crippen LogP contribution in [-0.2, 0) is 9.53 Å². The molecular formula is C23H32N2O3. The minimum Gasteiger partial charge on any atom is -0.381 e. The second-order valence-corrected chi connectivity index (χ2v) is 9.08. The first kappa shape index (κ1) is 19.4. The van der Waals surface area contributed by atoms with Crippen molar-refractivity contribution in [3.05, 3.63) is 34.9 Å². The van der Waals surface area contributed by atoms with E-state index in [2.05, 4.69) is 11.4 Å². The van der Waals surface area contributed by atoms with Gasteiger partial charge in [0.25, 0.3) is 5.91 Å². The lowest BCUT2D eigenvalue weighted by Gasteiger charge is -2.37. The first-order chi connectivity index (χ1) is 13.5. The Labute approximate surface area is 167 Å². The quantitative estimate of drug-likeness (QED) is 0.870. The molecule has 2 amide bonds. The van der Waals surface area contributed by atoms with E-state index in [1.54, 1.807) is 0 Å². The number of nitrogens with zero attached hydrogens (tertiary/aromatic N) is 1. The van der Waals surface area contributed by atoms with E-state index in [1.165, 1.54) is 12.8 Å². The van der Waals surface area contributed by atoms with Gasteiger partial charge in [-0.05, 0) is 51.7 Å². The van der Waals surface area contributed by atoms with Crippen LogP contribution < -0.4 is 5.32 Å². The highest BCUT2D eigenvalue weighted by Crippen LogP contribution is 2.45. The molecule has 2 aliphatic heterocycles. The Hall–Kier alpha value is -1.88. The van der Waals surface area contributed by atoms with Crippen LogP contribution in [0.1, 0.15) is 60.0 Å². The second-order valence-electron chi connectivity index (χ2n) is 9.08. The van der Waals surface area contributed by atoms with Gasteiger partial charge in [0.05, 0.1) is 5.92 Å². The predicted molar refractivity (Wildman–Crippen MR) is 108 cm³/mol. The van der Waals surface area contributed by atoms with Crippen molar-refractivity contribution in [2.45, 2.75) is 58.4 Å². The molecule has 1 atom stereocenters. The average Bonchev–Trinajstić information content (AvgIpc) is 3.29. The molecule has 0 aromatic heterocycles. The van der Waals surface area contributed by atoms with Crippen molar-refractivity contribution in [1.82, 2.24) is 10.2 Å². The molecule has 1 spiro atoms. The Bertz CT molecular complexity index is 728.